The quantitative estimate of drug-likeness (QED) is 0.243. The van der Waals surface area contributed by atoms with Crippen molar-refractivity contribution in [2.45, 2.75) is 9.79 Å². The van der Waals surface area contributed by atoms with Crippen molar-refractivity contribution in [3.63, 3.8) is 0 Å². The third-order valence-electron chi connectivity index (χ3n) is 5.05. The summed E-state index contributed by atoms with van der Waals surface area (Å²) in [6.45, 7) is 0. The summed E-state index contributed by atoms with van der Waals surface area (Å²) in [6.07, 6.45) is 0. The fourth-order valence-corrected chi connectivity index (χ4v) is 5.79. The lowest BCUT2D eigenvalue weighted by atomic mass is 10.2. The minimum absolute atomic E-state index is 0.0566. The van der Waals surface area contributed by atoms with Gasteiger partial charge in [0.2, 0.25) is 0 Å². The van der Waals surface area contributed by atoms with Crippen LogP contribution in [0.2, 0.25) is 10.0 Å². The van der Waals surface area contributed by atoms with Crippen LogP contribution >= 0.6 is 23.2 Å². The number of rotatable bonds is 8. The summed E-state index contributed by atoms with van der Waals surface area (Å²) in [5.74, 6) is -0.514. The Labute approximate surface area is 224 Å². The Morgan fingerprint density at radius 2 is 1.24 bits per heavy atom. The molecule has 12 heteroatoms. The number of carbonyl (C=O) groups excluding carboxylic acids is 1. The molecule has 0 aliphatic rings. The van der Waals surface area contributed by atoms with E-state index in [2.05, 4.69) is 14.8 Å². The van der Waals surface area contributed by atoms with E-state index in [0.29, 0.717) is 5.69 Å². The van der Waals surface area contributed by atoms with E-state index in [1.165, 1.54) is 66.7 Å². The number of carbonyl (C=O) groups is 1. The third kappa shape index (κ3) is 6.41. The van der Waals surface area contributed by atoms with Crippen LogP contribution in [0, 0.1) is 0 Å². The first-order valence-corrected chi connectivity index (χ1v) is 14.3. The molecule has 4 rings (SSSR count). The van der Waals surface area contributed by atoms with E-state index < -0.39 is 26.0 Å². The monoisotopic (exact) mass is 575 g/mol. The van der Waals surface area contributed by atoms with Gasteiger partial charge in [0, 0.05) is 16.9 Å². The van der Waals surface area contributed by atoms with Gasteiger partial charge < -0.3 is 5.32 Å². The molecule has 0 aliphatic carbocycles. The summed E-state index contributed by atoms with van der Waals surface area (Å²) in [5.41, 5.74) is 0.875. The lowest BCUT2D eigenvalue weighted by Gasteiger charge is -2.12. The van der Waals surface area contributed by atoms with Gasteiger partial charge in [0.1, 0.15) is 0 Å². The van der Waals surface area contributed by atoms with Crippen LogP contribution in [0.4, 0.5) is 17.1 Å². The largest absolute Gasteiger partial charge is 0.322 e. The standard InChI is InChI=1S/C25H19Cl2N3O5S2/c26-22-10-5-11-23(24(22)27)30-37(34,35)21-14-12-18(13-15-21)28-25(31)17-6-4-7-19(16-17)29-36(32,33)20-8-2-1-3-9-20/h1-16,29-30H,(H,28,31). The number of benzene rings is 4. The van der Waals surface area contributed by atoms with Crippen molar-refractivity contribution in [3.05, 3.63) is 113 Å². The van der Waals surface area contributed by atoms with Gasteiger partial charge in [-0.15, -0.1) is 0 Å². The maximum atomic E-state index is 12.7. The van der Waals surface area contributed by atoms with Gasteiger partial charge in [-0.3, -0.25) is 14.2 Å². The van der Waals surface area contributed by atoms with Gasteiger partial charge in [0.15, 0.2) is 0 Å². The van der Waals surface area contributed by atoms with Gasteiger partial charge >= 0.3 is 0 Å². The summed E-state index contributed by atoms with van der Waals surface area (Å²) in [4.78, 5) is 12.8. The smallest absolute Gasteiger partial charge is 0.261 e. The summed E-state index contributed by atoms with van der Waals surface area (Å²) >= 11 is 12.0. The molecule has 0 spiro atoms. The van der Waals surface area contributed by atoms with E-state index in [1.54, 1.807) is 30.3 Å². The number of hydrogen-bond donors (Lipinski definition) is 3. The number of amides is 1. The molecule has 0 bridgehead atoms. The van der Waals surface area contributed by atoms with Crippen LogP contribution in [-0.2, 0) is 20.0 Å². The highest BCUT2D eigenvalue weighted by Crippen LogP contribution is 2.31. The SMILES string of the molecule is O=C(Nc1ccc(S(=O)(=O)Nc2cccc(Cl)c2Cl)cc1)c1cccc(NS(=O)(=O)c2ccccc2)c1. The molecular formula is C25H19Cl2N3O5S2. The van der Waals surface area contributed by atoms with Crippen molar-refractivity contribution < 1.29 is 21.6 Å². The molecule has 0 radical (unpaired) electrons. The molecule has 4 aromatic rings. The molecule has 0 fully saturated rings. The zero-order valence-corrected chi connectivity index (χ0v) is 22.0. The molecule has 37 heavy (non-hydrogen) atoms. The van der Waals surface area contributed by atoms with Gasteiger partial charge in [-0.05, 0) is 66.7 Å². The van der Waals surface area contributed by atoms with Crippen molar-refractivity contribution in [1.82, 2.24) is 0 Å². The van der Waals surface area contributed by atoms with E-state index in [9.17, 15) is 21.6 Å². The van der Waals surface area contributed by atoms with Crippen molar-refractivity contribution >= 4 is 66.2 Å². The molecule has 4 aromatic carbocycles. The van der Waals surface area contributed by atoms with Crippen LogP contribution < -0.4 is 14.8 Å². The summed E-state index contributed by atoms with van der Waals surface area (Å²) < 4.78 is 55.4. The predicted octanol–water partition coefficient (Wildman–Crippen LogP) is 5.85. The topological polar surface area (TPSA) is 121 Å². The Kier molecular flexibility index (Phi) is 7.74. The van der Waals surface area contributed by atoms with Crippen molar-refractivity contribution in [1.29, 1.82) is 0 Å². The van der Waals surface area contributed by atoms with E-state index in [0.717, 1.165) is 0 Å². The molecule has 1 amide bonds. The Morgan fingerprint density at radius 1 is 0.622 bits per heavy atom. The first kappa shape index (κ1) is 26.5. The van der Waals surface area contributed by atoms with Crippen LogP contribution in [0.5, 0.6) is 0 Å². The summed E-state index contributed by atoms with van der Waals surface area (Å²) in [5, 5.41) is 2.93. The van der Waals surface area contributed by atoms with Crippen molar-refractivity contribution in [2.75, 3.05) is 14.8 Å². The molecule has 190 valence electrons. The molecule has 0 saturated heterocycles. The maximum Gasteiger partial charge on any atom is 0.261 e. The summed E-state index contributed by atoms with van der Waals surface area (Å²) in [7, 11) is -7.79. The van der Waals surface area contributed by atoms with Crippen LogP contribution in [0.15, 0.2) is 107 Å². The van der Waals surface area contributed by atoms with Gasteiger partial charge in [0.25, 0.3) is 26.0 Å². The zero-order chi connectivity index (χ0) is 26.6. The number of nitrogens with one attached hydrogen (secondary N) is 3. The van der Waals surface area contributed by atoms with Crippen LogP contribution in [0.1, 0.15) is 10.4 Å². The highest BCUT2D eigenvalue weighted by atomic mass is 35.5. The molecule has 0 aliphatic heterocycles. The second-order valence-electron chi connectivity index (χ2n) is 7.68. The normalized spacial score (nSPS) is 11.5. The highest BCUT2D eigenvalue weighted by molar-refractivity contribution is 7.93. The predicted molar refractivity (Wildman–Crippen MR) is 145 cm³/mol. The first-order valence-electron chi connectivity index (χ1n) is 10.6. The van der Waals surface area contributed by atoms with Gasteiger partial charge in [-0.25, -0.2) is 16.8 Å². The third-order valence-corrected chi connectivity index (χ3v) is 8.65. The van der Waals surface area contributed by atoms with E-state index >= 15 is 0 Å². The maximum absolute atomic E-state index is 12.7. The van der Waals surface area contributed by atoms with Gasteiger partial charge in [-0.2, -0.15) is 0 Å². The van der Waals surface area contributed by atoms with E-state index in [1.807, 2.05) is 0 Å². The molecule has 3 N–H and O–H groups in total. The van der Waals surface area contributed by atoms with E-state index in [-0.39, 0.29) is 36.8 Å². The van der Waals surface area contributed by atoms with E-state index in [4.69, 9.17) is 23.2 Å². The number of anilines is 3. The lowest BCUT2D eigenvalue weighted by Crippen LogP contribution is -2.15. The van der Waals surface area contributed by atoms with Crippen LogP contribution in [-0.4, -0.2) is 22.7 Å². The lowest BCUT2D eigenvalue weighted by molar-refractivity contribution is 0.102. The minimum Gasteiger partial charge on any atom is -0.322 e. The molecule has 0 heterocycles. The Morgan fingerprint density at radius 3 is 1.95 bits per heavy atom. The Bertz CT molecular complexity index is 1660. The van der Waals surface area contributed by atoms with Crippen molar-refractivity contribution in [3.8, 4) is 0 Å². The fraction of sp³-hybridized carbons (Fsp3) is 0. The number of hydrogen-bond acceptors (Lipinski definition) is 5. The number of halogens is 2. The molecule has 0 saturated carbocycles. The van der Waals surface area contributed by atoms with Crippen molar-refractivity contribution in [2.24, 2.45) is 0 Å². The van der Waals surface area contributed by atoms with Gasteiger partial charge in [0.05, 0.1) is 25.5 Å². The average molecular weight is 576 g/mol. The summed E-state index contributed by atoms with van der Waals surface area (Å²) in [6, 6.07) is 23.9. The average Bonchev–Trinajstić information content (AvgIpc) is 2.87. The number of sulfonamides is 2. The molecule has 0 atom stereocenters. The minimum atomic E-state index is -3.97. The Balaban J connectivity index is 1.46. The van der Waals surface area contributed by atoms with Crippen LogP contribution in [0.25, 0.3) is 0 Å². The second kappa shape index (κ2) is 10.8. The molecule has 0 unspecified atom stereocenters. The molecular weight excluding hydrogens is 557 g/mol. The fourth-order valence-electron chi connectivity index (χ4n) is 3.24. The molecule has 0 aromatic heterocycles. The first-order chi connectivity index (χ1) is 17.5. The highest BCUT2D eigenvalue weighted by Gasteiger charge is 2.18. The zero-order valence-electron chi connectivity index (χ0n) is 18.9. The molecule has 8 nitrogen and oxygen atoms in total. The van der Waals surface area contributed by atoms with Gasteiger partial charge in [-0.1, -0.05) is 53.5 Å². The Hall–Kier alpha value is -3.57. The second-order valence-corrected chi connectivity index (χ2v) is 11.8. The van der Waals surface area contributed by atoms with Crippen LogP contribution in [0.3, 0.4) is 0 Å².